The molecule has 3 N–H and O–H groups in total. The lowest BCUT2D eigenvalue weighted by atomic mass is 10.1. The van der Waals surface area contributed by atoms with Crippen LogP contribution in [0.2, 0.25) is 0 Å². The van der Waals surface area contributed by atoms with Crippen LogP contribution in [0.5, 0.6) is 5.75 Å². The number of aromatic amines is 1. The van der Waals surface area contributed by atoms with Crippen LogP contribution in [0.1, 0.15) is 21.6 Å². The van der Waals surface area contributed by atoms with Crippen LogP contribution in [0.25, 0.3) is 11.3 Å². The van der Waals surface area contributed by atoms with E-state index in [0.29, 0.717) is 11.4 Å². The number of H-pyrrole nitrogens is 1. The minimum absolute atomic E-state index is 0.210. The second-order valence-corrected chi connectivity index (χ2v) is 5.94. The van der Waals surface area contributed by atoms with Gasteiger partial charge in [0.05, 0.1) is 12.8 Å². The predicted molar refractivity (Wildman–Crippen MR) is 95.5 cm³/mol. The first-order chi connectivity index (χ1) is 12.2. The molecule has 2 heterocycles. The number of fused-ring (bicyclic) bond motifs is 1. The number of nitrogens with one attached hydrogen (secondary N) is 3. The van der Waals surface area contributed by atoms with E-state index in [1.165, 1.54) is 11.1 Å². The molecule has 0 aliphatic carbocycles. The van der Waals surface area contributed by atoms with Gasteiger partial charge in [0, 0.05) is 24.3 Å². The van der Waals surface area contributed by atoms with Crippen molar-refractivity contribution in [1.82, 2.24) is 15.5 Å². The zero-order valence-electron chi connectivity index (χ0n) is 13.8. The molecule has 0 unspecified atom stereocenters. The highest BCUT2D eigenvalue weighted by atomic mass is 16.5. The highest BCUT2D eigenvalue weighted by Gasteiger charge is 2.14. The lowest BCUT2D eigenvalue weighted by molar-refractivity contribution is 0.102. The van der Waals surface area contributed by atoms with Crippen molar-refractivity contribution in [3.05, 3.63) is 65.4 Å². The van der Waals surface area contributed by atoms with Gasteiger partial charge in [-0.25, -0.2) is 0 Å². The van der Waals surface area contributed by atoms with Gasteiger partial charge in [-0.1, -0.05) is 6.07 Å². The quantitative estimate of drug-likeness (QED) is 0.685. The van der Waals surface area contributed by atoms with Crippen molar-refractivity contribution < 1.29 is 9.53 Å². The van der Waals surface area contributed by atoms with Crippen LogP contribution in [-0.4, -0.2) is 23.2 Å². The second kappa shape index (κ2) is 6.41. The molecule has 1 aromatic heterocycles. The summed E-state index contributed by atoms with van der Waals surface area (Å²) in [6.45, 7) is 1.72. The number of methoxy groups -OCH3 is 1. The molecule has 126 valence electrons. The summed E-state index contributed by atoms with van der Waals surface area (Å²) in [5.74, 6) is 0.571. The summed E-state index contributed by atoms with van der Waals surface area (Å²) in [5.41, 5.74) is 5.34. The summed E-state index contributed by atoms with van der Waals surface area (Å²) in [6, 6.07) is 15.3. The summed E-state index contributed by atoms with van der Waals surface area (Å²) in [6.07, 6.45) is 0. The first-order valence-corrected chi connectivity index (χ1v) is 8.06. The minimum atomic E-state index is -0.210. The molecule has 4 rings (SSSR count). The Morgan fingerprint density at radius 2 is 1.88 bits per heavy atom. The van der Waals surface area contributed by atoms with E-state index in [-0.39, 0.29) is 5.91 Å². The minimum Gasteiger partial charge on any atom is -0.497 e. The van der Waals surface area contributed by atoms with Crippen LogP contribution in [-0.2, 0) is 13.1 Å². The topological polar surface area (TPSA) is 79.0 Å². The van der Waals surface area contributed by atoms with Gasteiger partial charge in [-0.2, -0.15) is 5.10 Å². The fourth-order valence-electron chi connectivity index (χ4n) is 2.92. The molecule has 0 spiro atoms. The van der Waals surface area contributed by atoms with Gasteiger partial charge in [0.2, 0.25) is 0 Å². The average molecular weight is 334 g/mol. The molecule has 0 saturated heterocycles. The van der Waals surface area contributed by atoms with Gasteiger partial charge in [-0.3, -0.25) is 9.89 Å². The Labute approximate surface area is 145 Å². The maximum absolute atomic E-state index is 12.4. The third-order valence-corrected chi connectivity index (χ3v) is 4.30. The lowest BCUT2D eigenvalue weighted by Gasteiger charge is -2.05. The van der Waals surface area contributed by atoms with Crippen LogP contribution in [0, 0.1) is 0 Å². The Morgan fingerprint density at radius 1 is 1.08 bits per heavy atom. The summed E-state index contributed by atoms with van der Waals surface area (Å²) in [4.78, 5) is 12.4. The van der Waals surface area contributed by atoms with Crippen molar-refractivity contribution in [2.75, 3.05) is 12.4 Å². The van der Waals surface area contributed by atoms with E-state index in [1.807, 2.05) is 42.5 Å². The Hall–Kier alpha value is -3.12. The molecular formula is C19H18N4O2. The molecule has 1 aliphatic rings. The fraction of sp³-hybridized carbons (Fsp3) is 0.158. The molecule has 0 radical (unpaired) electrons. The van der Waals surface area contributed by atoms with Crippen LogP contribution >= 0.6 is 0 Å². The van der Waals surface area contributed by atoms with Gasteiger partial charge in [0.25, 0.3) is 5.91 Å². The number of rotatable bonds is 4. The number of carbonyl (C=O) groups is 1. The summed E-state index contributed by atoms with van der Waals surface area (Å²) in [5, 5.41) is 13.2. The maximum Gasteiger partial charge on any atom is 0.273 e. The Morgan fingerprint density at radius 3 is 2.68 bits per heavy atom. The summed E-state index contributed by atoms with van der Waals surface area (Å²) < 4.78 is 5.15. The number of anilines is 1. The number of carbonyl (C=O) groups excluding carboxylic acids is 1. The van der Waals surface area contributed by atoms with Crippen molar-refractivity contribution in [3.63, 3.8) is 0 Å². The van der Waals surface area contributed by atoms with Gasteiger partial charge in [0.15, 0.2) is 0 Å². The van der Waals surface area contributed by atoms with Crippen molar-refractivity contribution in [2.45, 2.75) is 13.1 Å². The van der Waals surface area contributed by atoms with Gasteiger partial charge in [0.1, 0.15) is 11.4 Å². The van der Waals surface area contributed by atoms with Crippen molar-refractivity contribution in [2.24, 2.45) is 0 Å². The third-order valence-electron chi connectivity index (χ3n) is 4.30. The summed E-state index contributed by atoms with van der Waals surface area (Å²) >= 11 is 0. The number of benzene rings is 2. The maximum atomic E-state index is 12.4. The Kier molecular flexibility index (Phi) is 3.95. The smallest absolute Gasteiger partial charge is 0.273 e. The van der Waals surface area contributed by atoms with Gasteiger partial charge >= 0.3 is 0 Å². The first-order valence-electron chi connectivity index (χ1n) is 8.06. The fourth-order valence-corrected chi connectivity index (χ4v) is 2.92. The Bertz CT molecular complexity index is 915. The van der Waals surface area contributed by atoms with E-state index in [4.69, 9.17) is 4.74 Å². The van der Waals surface area contributed by atoms with Crippen molar-refractivity contribution in [1.29, 1.82) is 0 Å². The Balaban J connectivity index is 1.50. The van der Waals surface area contributed by atoms with E-state index in [9.17, 15) is 4.79 Å². The lowest BCUT2D eigenvalue weighted by Crippen LogP contribution is -2.12. The number of hydrogen-bond donors (Lipinski definition) is 3. The van der Waals surface area contributed by atoms with Crippen molar-refractivity contribution in [3.8, 4) is 17.0 Å². The zero-order chi connectivity index (χ0) is 17.2. The first kappa shape index (κ1) is 15.4. The van der Waals surface area contributed by atoms with E-state index >= 15 is 0 Å². The molecule has 2 aromatic carbocycles. The van der Waals surface area contributed by atoms with E-state index < -0.39 is 0 Å². The zero-order valence-corrected chi connectivity index (χ0v) is 13.8. The highest BCUT2D eigenvalue weighted by Crippen LogP contribution is 2.23. The normalized spacial score (nSPS) is 12.7. The molecular weight excluding hydrogens is 316 g/mol. The number of hydrogen-bond acceptors (Lipinski definition) is 4. The number of nitrogens with zero attached hydrogens (tertiary/aromatic N) is 1. The van der Waals surface area contributed by atoms with E-state index in [1.54, 1.807) is 13.2 Å². The van der Waals surface area contributed by atoms with Gasteiger partial charge < -0.3 is 15.4 Å². The van der Waals surface area contributed by atoms with Crippen LogP contribution < -0.4 is 15.4 Å². The predicted octanol–water partition coefficient (Wildman–Crippen LogP) is 2.94. The molecule has 0 fully saturated rings. The molecule has 1 amide bonds. The SMILES string of the molecule is COc1ccc(-c2cc(C(=O)Nc3ccc4c(c3)CNC4)[nH]n2)cc1. The summed E-state index contributed by atoms with van der Waals surface area (Å²) in [7, 11) is 1.63. The number of ether oxygens (including phenoxy) is 1. The van der Waals surface area contributed by atoms with Gasteiger partial charge in [-0.15, -0.1) is 0 Å². The van der Waals surface area contributed by atoms with Crippen LogP contribution in [0.3, 0.4) is 0 Å². The average Bonchev–Trinajstić information content (AvgIpc) is 3.31. The van der Waals surface area contributed by atoms with Gasteiger partial charge in [-0.05, 0) is 53.6 Å². The van der Waals surface area contributed by atoms with E-state index in [0.717, 1.165) is 30.1 Å². The van der Waals surface area contributed by atoms with Crippen LogP contribution in [0.4, 0.5) is 5.69 Å². The third kappa shape index (κ3) is 3.12. The molecule has 3 aromatic rings. The second-order valence-electron chi connectivity index (χ2n) is 5.94. The molecule has 6 nitrogen and oxygen atoms in total. The standard InChI is InChI=1S/C19H18N4O2/c1-25-16-6-3-12(4-7-16)17-9-18(23-22-17)19(24)21-15-5-2-13-10-20-11-14(13)8-15/h2-9,20H,10-11H2,1H3,(H,21,24)(H,22,23). The highest BCUT2D eigenvalue weighted by molar-refractivity contribution is 6.03. The molecule has 25 heavy (non-hydrogen) atoms. The molecule has 0 saturated carbocycles. The monoisotopic (exact) mass is 334 g/mol. The molecule has 0 atom stereocenters. The number of aromatic nitrogens is 2. The van der Waals surface area contributed by atoms with E-state index in [2.05, 4.69) is 20.8 Å². The largest absolute Gasteiger partial charge is 0.497 e. The molecule has 6 heteroatoms. The molecule has 0 bridgehead atoms. The van der Waals surface area contributed by atoms with Crippen molar-refractivity contribution >= 4 is 11.6 Å². The number of amides is 1. The van der Waals surface area contributed by atoms with Crippen LogP contribution in [0.15, 0.2) is 48.5 Å². The molecule has 1 aliphatic heterocycles.